The molecule has 30 heavy (non-hydrogen) atoms. The molecular weight excluding hydrogens is 408 g/mol. The first kappa shape index (κ1) is 20.0. The number of tetrazole rings is 1. The topological polar surface area (TPSA) is 130 Å². The van der Waals surface area contributed by atoms with Crippen LogP contribution >= 0.6 is 0 Å². The second-order valence-electron chi connectivity index (χ2n) is 7.00. The van der Waals surface area contributed by atoms with E-state index in [2.05, 4.69) is 20.8 Å². The van der Waals surface area contributed by atoms with Gasteiger partial charge in [0, 0.05) is 18.7 Å². The SMILES string of the molecule is Cc1cc(C(=O)Nc2cc(S(=O)(=O)N3CCCC3)ccc2O)ccc1-n1cnnn1. The lowest BCUT2D eigenvalue weighted by Gasteiger charge is -2.17. The zero-order chi connectivity index (χ0) is 21.3. The van der Waals surface area contributed by atoms with Gasteiger partial charge in [0.25, 0.3) is 5.91 Å². The number of aromatic hydroxyl groups is 1. The normalized spacial score (nSPS) is 14.7. The van der Waals surface area contributed by atoms with Crippen molar-refractivity contribution in [3.63, 3.8) is 0 Å². The second-order valence-corrected chi connectivity index (χ2v) is 8.94. The van der Waals surface area contributed by atoms with Crippen molar-refractivity contribution in [3.05, 3.63) is 53.9 Å². The zero-order valence-corrected chi connectivity index (χ0v) is 17.0. The number of phenols is 1. The fourth-order valence-corrected chi connectivity index (χ4v) is 4.92. The number of sulfonamides is 1. The summed E-state index contributed by atoms with van der Waals surface area (Å²) >= 11 is 0. The molecule has 156 valence electrons. The van der Waals surface area contributed by atoms with Gasteiger partial charge in [-0.3, -0.25) is 4.79 Å². The third-order valence-corrected chi connectivity index (χ3v) is 6.87. The van der Waals surface area contributed by atoms with Crippen LogP contribution in [0, 0.1) is 6.92 Å². The largest absolute Gasteiger partial charge is 0.506 e. The number of nitrogens with zero attached hydrogens (tertiary/aromatic N) is 5. The number of carbonyl (C=O) groups excluding carboxylic acids is 1. The minimum atomic E-state index is -3.67. The molecule has 11 heteroatoms. The molecule has 0 bridgehead atoms. The summed E-state index contributed by atoms with van der Waals surface area (Å²) in [7, 11) is -3.67. The number of aromatic nitrogens is 4. The molecule has 2 N–H and O–H groups in total. The van der Waals surface area contributed by atoms with Crippen molar-refractivity contribution >= 4 is 21.6 Å². The van der Waals surface area contributed by atoms with Gasteiger partial charge in [0.1, 0.15) is 12.1 Å². The number of amides is 1. The van der Waals surface area contributed by atoms with Gasteiger partial charge < -0.3 is 10.4 Å². The molecule has 1 aromatic heterocycles. The van der Waals surface area contributed by atoms with Gasteiger partial charge >= 0.3 is 0 Å². The van der Waals surface area contributed by atoms with E-state index in [0.717, 1.165) is 24.1 Å². The molecule has 1 fully saturated rings. The highest BCUT2D eigenvalue weighted by atomic mass is 32.2. The quantitative estimate of drug-likeness (QED) is 0.592. The number of phenolic OH excluding ortho intramolecular Hbond substituents is 1. The minimum absolute atomic E-state index is 0.0301. The highest BCUT2D eigenvalue weighted by Crippen LogP contribution is 2.30. The average Bonchev–Trinajstić information content (AvgIpc) is 3.44. The van der Waals surface area contributed by atoms with Crippen LogP contribution in [0.2, 0.25) is 0 Å². The highest BCUT2D eigenvalue weighted by molar-refractivity contribution is 7.89. The zero-order valence-electron chi connectivity index (χ0n) is 16.2. The summed E-state index contributed by atoms with van der Waals surface area (Å²) < 4.78 is 28.4. The van der Waals surface area contributed by atoms with Gasteiger partial charge in [0.15, 0.2) is 0 Å². The van der Waals surface area contributed by atoms with Crippen molar-refractivity contribution in [2.45, 2.75) is 24.7 Å². The number of hydrogen-bond donors (Lipinski definition) is 2. The molecule has 0 unspecified atom stereocenters. The first-order valence-corrected chi connectivity index (χ1v) is 10.8. The van der Waals surface area contributed by atoms with Crippen molar-refractivity contribution < 1.29 is 18.3 Å². The number of rotatable bonds is 5. The maximum atomic E-state index is 12.8. The molecular formula is C19H20N6O4S. The van der Waals surface area contributed by atoms with Crippen LogP contribution in [0.15, 0.2) is 47.6 Å². The van der Waals surface area contributed by atoms with Crippen LogP contribution in [0.5, 0.6) is 5.75 Å². The van der Waals surface area contributed by atoms with Crippen LogP contribution in [0.25, 0.3) is 5.69 Å². The Morgan fingerprint density at radius 1 is 1.13 bits per heavy atom. The number of benzene rings is 2. The van der Waals surface area contributed by atoms with E-state index in [1.807, 2.05) is 6.92 Å². The molecule has 10 nitrogen and oxygen atoms in total. The van der Waals surface area contributed by atoms with Gasteiger partial charge in [-0.15, -0.1) is 5.10 Å². The Balaban J connectivity index is 1.58. The van der Waals surface area contributed by atoms with Crippen molar-refractivity contribution in [3.8, 4) is 11.4 Å². The molecule has 0 atom stereocenters. The van der Waals surface area contributed by atoms with Gasteiger partial charge in [-0.1, -0.05) is 0 Å². The molecule has 2 heterocycles. The number of aryl methyl sites for hydroxylation is 1. The molecule has 1 aliphatic rings. The van der Waals surface area contributed by atoms with E-state index >= 15 is 0 Å². The standard InChI is InChI=1S/C19H20N6O4S/c1-13-10-14(4-6-17(13)25-12-20-22-23-25)19(27)21-16-11-15(5-7-18(16)26)30(28,29)24-8-2-3-9-24/h4-7,10-12,26H,2-3,8-9H2,1H3,(H,21,27). The van der Waals surface area contributed by atoms with Crippen molar-refractivity contribution in [2.24, 2.45) is 0 Å². The first-order valence-electron chi connectivity index (χ1n) is 9.35. The maximum absolute atomic E-state index is 12.8. The maximum Gasteiger partial charge on any atom is 0.255 e. The Morgan fingerprint density at radius 2 is 1.90 bits per heavy atom. The lowest BCUT2D eigenvalue weighted by atomic mass is 10.1. The Kier molecular flexibility index (Phi) is 5.22. The van der Waals surface area contributed by atoms with E-state index in [0.29, 0.717) is 18.7 Å². The van der Waals surface area contributed by atoms with Crippen LogP contribution in [0.4, 0.5) is 5.69 Å². The number of hydrogen-bond acceptors (Lipinski definition) is 7. The van der Waals surface area contributed by atoms with Gasteiger partial charge in [0.2, 0.25) is 10.0 Å². The smallest absolute Gasteiger partial charge is 0.255 e. The second kappa shape index (κ2) is 7.84. The van der Waals surface area contributed by atoms with Crippen molar-refractivity contribution in [1.29, 1.82) is 0 Å². The molecule has 0 aliphatic carbocycles. The third-order valence-electron chi connectivity index (χ3n) is 4.97. The summed E-state index contributed by atoms with van der Waals surface area (Å²) in [6.45, 7) is 2.75. The third kappa shape index (κ3) is 3.76. The minimum Gasteiger partial charge on any atom is -0.506 e. The molecule has 4 rings (SSSR count). The summed E-state index contributed by atoms with van der Waals surface area (Å²) in [4.78, 5) is 12.7. The molecule has 3 aromatic rings. The predicted octanol–water partition coefficient (Wildman–Crippen LogP) is 1.71. The summed E-state index contributed by atoms with van der Waals surface area (Å²) in [6, 6.07) is 8.85. The van der Waals surface area contributed by atoms with E-state index < -0.39 is 15.9 Å². The van der Waals surface area contributed by atoms with Crippen LogP contribution < -0.4 is 5.32 Å². The fraction of sp³-hybridized carbons (Fsp3) is 0.263. The van der Waals surface area contributed by atoms with E-state index in [9.17, 15) is 18.3 Å². The van der Waals surface area contributed by atoms with E-state index in [1.54, 1.807) is 18.2 Å². The van der Waals surface area contributed by atoms with Gasteiger partial charge in [0.05, 0.1) is 16.3 Å². The summed E-state index contributed by atoms with van der Waals surface area (Å²) in [5, 5.41) is 23.7. The fourth-order valence-electron chi connectivity index (χ4n) is 3.37. The molecule has 1 aliphatic heterocycles. The predicted molar refractivity (Wildman–Crippen MR) is 108 cm³/mol. The van der Waals surface area contributed by atoms with Crippen LogP contribution in [-0.4, -0.2) is 57.0 Å². The molecule has 2 aromatic carbocycles. The monoisotopic (exact) mass is 428 g/mol. The molecule has 1 amide bonds. The van der Waals surface area contributed by atoms with E-state index in [4.69, 9.17) is 0 Å². The number of nitrogens with one attached hydrogen (secondary N) is 1. The number of anilines is 1. The Labute approximate surface area is 173 Å². The Morgan fingerprint density at radius 3 is 2.57 bits per heavy atom. The van der Waals surface area contributed by atoms with Crippen LogP contribution in [0.3, 0.4) is 0 Å². The molecule has 0 saturated carbocycles. The van der Waals surface area contributed by atoms with E-state index in [1.165, 1.54) is 33.5 Å². The van der Waals surface area contributed by atoms with Crippen molar-refractivity contribution in [2.75, 3.05) is 18.4 Å². The van der Waals surface area contributed by atoms with Gasteiger partial charge in [-0.2, -0.15) is 4.31 Å². The van der Waals surface area contributed by atoms with Gasteiger partial charge in [-0.25, -0.2) is 13.1 Å². The lowest BCUT2D eigenvalue weighted by Crippen LogP contribution is -2.28. The van der Waals surface area contributed by atoms with E-state index in [-0.39, 0.29) is 16.3 Å². The average molecular weight is 428 g/mol. The Bertz CT molecular complexity index is 1190. The molecule has 1 saturated heterocycles. The lowest BCUT2D eigenvalue weighted by molar-refractivity contribution is 0.102. The first-order chi connectivity index (χ1) is 14.4. The summed E-state index contributed by atoms with van der Waals surface area (Å²) in [5.41, 5.74) is 1.86. The highest BCUT2D eigenvalue weighted by Gasteiger charge is 2.28. The molecule has 0 radical (unpaired) electrons. The van der Waals surface area contributed by atoms with Gasteiger partial charge in [-0.05, 0) is 72.2 Å². The van der Waals surface area contributed by atoms with Crippen LogP contribution in [-0.2, 0) is 10.0 Å². The Hall–Kier alpha value is -3.31. The number of carbonyl (C=O) groups is 1. The molecule has 0 spiro atoms. The summed E-state index contributed by atoms with van der Waals surface area (Å²) in [5.74, 6) is -0.696. The van der Waals surface area contributed by atoms with Crippen LogP contribution in [0.1, 0.15) is 28.8 Å². The van der Waals surface area contributed by atoms with Crippen molar-refractivity contribution in [1.82, 2.24) is 24.5 Å². The summed E-state index contributed by atoms with van der Waals surface area (Å²) in [6.07, 6.45) is 3.09.